The van der Waals surface area contributed by atoms with Gasteiger partial charge in [-0.05, 0) is 12.5 Å². The van der Waals surface area contributed by atoms with E-state index in [2.05, 4.69) is 58.9 Å². The first-order chi connectivity index (χ1) is 11.8. The minimum absolute atomic E-state index is 0.0349. The molecule has 0 unspecified atom stereocenters. The predicted octanol–water partition coefficient (Wildman–Crippen LogP) is 2.97. The molecule has 1 N–H and O–H groups in total. The molecule has 7 heteroatoms. The number of aromatic amines is 1. The highest BCUT2D eigenvalue weighted by atomic mass is 15.3. The fourth-order valence-electron chi connectivity index (χ4n) is 2.83. The highest BCUT2D eigenvalue weighted by Crippen LogP contribution is 2.25. The molecule has 0 aromatic carbocycles. The van der Waals surface area contributed by atoms with E-state index in [1.165, 1.54) is 0 Å². The molecule has 0 radical (unpaired) electrons. The molecule has 3 rings (SSSR count). The third-order valence-electron chi connectivity index (χ3n) is 4.26. The number of aromatic nitrogens is 6. The standard InChI is InChI=1S/C18H27N7/c1-7-8-15-20-16(13-10-19-25(6)17(13)21-15)24(5)11-12-9-14(23-22-12)18(2,3)4/h9-10H,7-8,11H2,1-6H3,(H,22,23). The molecule has 25 heavy (non-hydrogen) atoms. The molecule has 0 atom stereocenters. The number of fused-ring (bicyclic) bond motifs is 1. The number of hydrogen-bond acceptors (Lipinski definition) is 5. The van der Waals surface area contributed by atoms with Crippen LogP contribution in [0.3, 0.4) is 0 Å². The highest BCUT2D eigenvalue weighted by Gasteiger charge is 2.19. The fraction of sp³-hybridized carbons (Fsp3) is 0.556. The van der Waals surface area contributed by atoms with E-state index in [0.29, 0.717) is 6.54 Å². The molecule has 0 saturated carbocycles. The first-order valence-corrected chi connectivity index (χ1v) is 8.74. The molecule has 3 aromatic heterocycles. The molecule has 0 aliphatic rings. The summed E-state index contributed by atoms with van der Waals surface area (Å²) < 4.78 is 1.81. The topological polar surface area (TPSA) is 75.5 Å². The maximum atomic E-state index is 4.78. The Morgan fingerprint density at radius 2 is 2.00 bits per heavy atom. The van der Waals surface area contributed by atoms with Crippen molar-refractivity contribution in [2.24, 2.45) is 7.05 Å². The van der Waals surface area contributed by atoms with Crippen LogP contribution < -0.4 is 4.90 Å². The van der Waals surface area contributed by atoms with Gasteiger partial charge in [0.15, 0.2) is 5.65 Å². The minimum Gasteiger partial charge on any atom is -0.353 e. The van der Waals surface area contributed by atoms with Gasteiger partial charge in [-0.15, -0.1) is 0 Å². The van der Waals surface area contributed by atoms with Crippen molar-refractivity contribution < 1.29 is 0 Å². The maximum Gasteiger partial charge on any atom is 0.163 e. The van der Waals surface area contributed by atoms with Gasteiger partial charge in [-0.25, -0.2) is 9.97 Å². The summed E-state index contributed by atoms with van der Waals surface area (Å²) in [6.45, 7) is 9.33. The molecule has 0 fully saturated rings. The van der Waals surface area contributed by atoms with Crippen molar-refractivity contribution in [1.29, 1.82) is 0 Å². The minimum atomic E-state index is 0.0349. The van der Waals surface area contributed by atoms with Gasteiger partial charge in [0.05, 0.1) is 29.5 Å². The van der Waals surface area contributed by atoms with Crippen LogP contribution in [0.15, 0.2) is 12.3 Å². The Labute approximate surface area is 148 Å². The lowest BCUT2D eigenvalue weighted by Crippen LogP contribution is -2.19. The van der Waals surface area contributed by atoms with Gasteiger partial charge in [0.25, 0.3) is 0 Å². The second-order valence-electron chi connectivity index (χ2n) is 7.60. The van der Waals surface area contributed by atoms with Crippen LogP contribution in [0.4, 0.5) is 5.82 Å². The van der Waals surface area contributed by atoms with Gasteiger partial charge < -0.3 is 4.90 Å². The summed E-state index contributed by atoms with van der Waals surface area (Å²) in [4.78, 5) is 11.6. The van der Waals surface area contributed by atoms with Crippen LogP contribution in [-0.2, 0) is 25.4 Å². The molecule has 0 amide bonds. The van der Waals surface area contributed by atoms with E-state index in [1.807, 2.05) is 20.3 Å². The van der Waals surface area contributed by atoms with Crippen molar-refractivity contribution in [3.63, 3.8) is 0 Å². The molecule has 3 aromatic rings. The lowest BCUT2D eigenvalue weighted by molar-refractivity contribution is 0.567. The van der Waals surface area contributed by atoms with Crippen molar-refractivity contribution in [1.82, 2.24) is 29.9 Å². The second kappa shape index (κ2) is 6.46. The maximum absolute atomic E-state index is 4.78. The number of H-pyrrole nitrogens is 1. The number of hydrogen-bond donors (Lipinski definition) is 1. The van der Waals surface area contributed by atoms with Crippen molar-refractivity contribution in [3.05, 3.63) is 29.5 Å². The normalized spacial score (nSPS) is 12.1. The summed E-state index contributed by atoms with van der Waals surface area (Å²) in [5.41, 5.74) is 3.05. The summed E-state index contributed by atoms with van der Waals surface area (Å²) in [5.74, 6) is 1.77. The average Bonchev–Trinajstić information content (AvgIpc) is 3.14. The Kier molecular flexibility index (Phi) is 4.49. The number of nitrogens with one attached hydrogen (secondary N) is 1. The lowest BCUT2D eigenvalue weighted by atomic mass is 9.92. The van der Waals surface area contributed by atoms with E-state index in [9.17, 15) is 0 Å². The molecule has 0 bridgehead atoms. The van der Waals surface area contributed by atoms with Crippen LogP contribution in [0.5, 0.6) is 0 Å². The van der Waals surface area contributed by atoms with Gasteiger partial charge in [0, 0.05) is 25.9 Å². The van der Waals surface area contributed by atoms with Crippen LogP contribution in [0.2, 0.25) is 0 Å². The molecule has 3 heterocycles. The number of anilines is 1. The lowest BCUT2D eigenvalue weighted by Gasteiger charge is -2.19. The van der Waals surface area contributed by atoms with E-state index in [0.717, 1.165) is 46.9 Å². The zero-order valence-electron chi connectivity index (χ0n) is 16.0. The van der Waals surface area contributed by atoms with Crippen LogP contribution in [0.1, 0.15) is 51.3 Å². The first-order valence-electron chi connectivity index (χ1n) is 8.74. The van der Waals surface area contributed by atoms with Gasteiger partial charge >= 0.3 is 0 Å². The molecule has 0 spiro atoms. The van der Waals surface area contributed by atoms with Gasteiger partial charge in [0.1, 0.15) is 11.6 Å². The fourth-order valence-corrected chi connectivity index (χ4v) is 2.83. The summed E-state index contributed by atoms with van der Waals surface area (Å²) >= 11 is 0. The van der Waals surface area contributed by atoms with Crippen LogP contribution >= 0.6 is 0 Å². The zero-order chi connectivity index (χ0) is 18.2. The molecular formula is C18H27N7. The molecule has 134 valence electrons. The van der Waals surface area contributed by atoms with E-state index in [1.54, 1.807) is 4.68 Å². The molecule has 7 nitrogen and oxygen atoms in total. The Balaban J connectivity index is 1.93. The van der Waals surface area contributed by atoms with Gasteiger partial charge in [-0.2, -0.15) is 10.2 Å². The number of rotatable bonds is 5. The third kappa shape index (κ3) is 3.50. The van der Waals surface area contributed by atoms with Gasteiger partial charge in [0.2, 0.25) is 0 Å². The van der Waals surface area contributed by atoms with Crippen molar-refractivity contribution >= 4 is 16.9 Å². The predicted molar refractivity (Wildman–Crippen MR) is 99.7 cm³/mol. The van der Waals surface area contributed by atoms with Crippen LogP contribution in [0, 0.1) is 0 Å². The van der Waals surface area contributed by atoms with Crippen molar-refractivity contribution in [2.45, 2.75) is 52.5 Å². The summed E-state index contributed by atoms with van der Waals surface area (Å²) in [7, 11) is 3.96. The monoisotopic (exact) mass is 341 g/mol. The Morgan fingerprint density at radius 3 is 2.64 bits per heavy atom. The van der Waals surface area contributed by atoms with Gasteiger partial charge in [-0.3, -0.25) is 9.78 Å². The van der Waals surface area contributed by atoms with Crippen LogP contribution in [-0.4, -0.2) is 37.0 Å². The van der Waals surface area contributed by atoms with Gasteiger partial charge in [-0.1, -0.05) is 27.7 Å². The van der Waals surface area contributed by atoms with Crippen molar-refractivity contribution in [3.8, 4) is 0 Å². The molecule has 0 saturated heterocycles. The highest BCUT2D eigenvalue weighted by molar-refractivity contribution is 5.86. The van der Waals surface area contributed by atoms with E-state index in [4.69, 9.17) is 4.98 Å². The summed E-state index contributed by atoms with van der Waals surface area (Å²) in [6, 6.07) is 2.13. The smallest absolute Gasteiger partial charge is 0.163 e. The van der Waals surface area contributed by atoms with Crippen LogP contribution in [0.25, 0.3) is 11.0 Å². The SMILES string of the molecule is CCCc1nc(N(C)Cc2cc(C(C)(C)C)n[nH]2)c2cnn(C)c2n1. The first kappa shape index (κ1) is 17.4. The van der Waals surface area contributed by atoms with E-state index in [-0.39, 0.29) is 5.41 Å². The van der Waals surface area contributed by atoms with E-state index >= 15 is 0 Å². The van der Waals surface area contributed by atoms with Crippen molar-refractivity contribution in [2.75, 3.05) is 11.9 Å². The van der Waals surface area contributed by atoms with E-state index < -0.39 is 0 Å². The quantitative estimate of drug-likeness (QED) is 0.772. The average molecular weight is 341 g/mol. The Bertz CT molecular complexity index is 869. The molecule has 0 aliphatic heterocycles. The largest absolute Gasteiger partial charge is 0.353 e. The molecule has 0 aliphatic carbocycles. The summed E-state index contributed by atoms with van der Waals surface area (Å²) in [5, 5.41) is 12.9. The zero-order valence-corrected chi connectivity index (χ0v) is 16.0. The third-order valence-corrected chi connectivity index (χ3v) is 4.26. The number of nitrogens with zero attached hydrogens (tertiary/aromatic N) is 6. The Hall–Kier alpha value is -2.44. The Morgan fingerprint density at radius 1 is 1.24 bits per heavy atom. The number of aryl methyl sites for hydroxylation is 2. The summed E-state index contributed by atoms with van der Waals surface area (Å²) in [6.07, 6.45) is 3.71. The second-order valence-corrected chi connectivity index (χ2v) is 7.60. The molecular weight excluding hydrogens is 314 g/mol.